The van der Waals surface area contributed by atoms with E-state index in [1.165, 1.54) is 0 Å². The summed E-state index contributed by atoms with van der Waals surface area (Å²) < 4.78 is 11.1. The molecule has 1 aromatic carbocycles. The van der Waals surface area contributed by atoms with Crippen molar-refractivity contribution in [3.63, 3.8) is 0 Å². The molecule has 1 atom stereocenters. The largest absolute Gasteiger partial charge is 0.490 e. The van der Waals surface area contributed by atoms with Crippen molar-refractivity contribution in [3.05, 3.63) is 24.3 Å². The Labute approximate surface area is 126 Å². The third-order valence-electron chi connectivity index (χ3n) is 3.90. The fourth-order valence-electron chi connectivity index (χ4n) is 2.48. The Morgan fingerprint density at radius 3 is 2.57 bits per heavy atom. The fraction of sp³-hybridized carbons (Fsp3) is 0.562. The average Bonchev–Trinajstić information content (AvgIpc) is 2.90. The Kier molecular flexibility index (Phi) is 5.07. The van der Waals surface area contributed by atoms with Gasteiger partial charge in [0.15, 0.2) is 18.1 Å². The summed E-state index contributed by atoms with van der Waals surface area (Å²) in [6.07, 6.45) is 0.949. The van der Waals surface area contributed by atoms with E-state index in [9.17, 15) is 4.79 Å². The van der Waals surface area contributed by atoms with E-state index in [1.54, 1.807) is 0 Å². The summed E-state index contributed by atoms with van der Waals surface area (Å²) in [6, 6.07) is 7.40. The van der Waals surface area contributed by atoms with E-state index >= 15 is 0 Å². The van der Waals surface area contributed by atoms with Gasteiger partial charge in [-0.05, 0) is 37.4 Å². The third-order valence-corrected chi connectivity index (χ3v) is 3.90. The molecule has 1 heterocycles. The zero-order valence-electron chi connectivity index (χ0n) is 12.8. The molecular weight excluding hydrogens is 268 g/mol. The van der Waals surface area contributed by atoms with E-state index in [2.05, 4.69) is 6.92 Å². The normalized spacial score (nSPS) is 21.4. The predicted molar refractivity (Wildman–Crippen MR) is 81.5 cm³/mol. The molecule has 0 aromatic heterocycles. The zero-order valence-corrected chi connectivity index (χ0v) is 12.8. The Morgan fingerprint density at radius 1 is 1.33 bits per heavy atom. The van der Waals surface area contributed by atoms with Gasteiger partial charge in [-0.25, -0.2) is 0 Å². The molecule has 2 rings (SSSR count). The molecule has 21 heavy (non-hydrogen) atoms. The number of para-hydroxylation sites is 2. The lowest BCUT2D eigenvalue weighted by molar-refractivity contribution is -0.132. The third kappa shape index (κ3) is 3.88. The van der Waals surface area contributed by atoms with Crippen LogP contribution in [0, 0.1) is 5.41 Å². The van der Waals surface area contributed by atoms with Crippen LogP contribution in [0.25, 0.3) is 0 Å². The highest BCUT2D eigenvalue weighted by atomic mass is 16.5. The number of carbonyl (C=O) groups is 1. The molecular formula is C16H24N2O3. The van der Waals surface area contributed by atoms with Crippen molar-refractivity contribution in [2.75, 3.05) is 32.8 Å². The van der Waals surface area contributed by atoms with Gasteiger partial charge in [0, 0.05) is 13.1 Å². The molecule has 0 spiro atoms. The van der Waals surface area contributed by atoms with Crippen molar-refractivity contribution in [2.24, 2.45) is 11.1 Å². The maximum Gasteiger partial charge on any atom is 0.260 e. The van der Waals surface area contributed by atoms with E-state index in [-0.39, 0.29) is 17.9 Å². The van der Waals surface area contributed by atoms with Gasteiger partial charge in [0.05, 0.1) is 6.61 Å². The van der Waals surface area contributed by atoms with Crippen LogP contribution in [0.15, 0.2) is 24.3 Å². The Bertz CT molecular complexity index is 492. The number of amides is 1. The smallest absolute Gasteiger partial charge is 0.260 e. The summed E-state index contributed by atoms with van der Waals surface area (Å²) in [7, 11) is 0. The topological polar surface area (TPSA) is 64.8 Å². The number of carbonyl (C=O) groups excluding carboxylic acids is 1. The van der Waals surface area contributed by atoms with Crippen LogP contribution in [0.1, 0.15) is 20.3 Å². The zero-order chi connectivity index (χ0) is 15.3. The average molecular weight is 292 g/mol. The maximum absolute atomic E-state index is 12.2. The first-order chi connectivity index (χ1) is 10.1. The molecule has 1 aliphatic heterocycles. The molecule has 1 aromatic rings. The minimum atomic E-state index is -0.00141. The van der Waals surface area contributed by atoms with Crippen LogP contribution in [0.4, 0.5) is 0 Å². The quantitative estimate of drug-likeness (QED) is 0.866. The summed E-state index contributed by atoms with van der Waals surface area (Å²) >= 11 is 0. The summed E-state index contributed by atoms with van der Waals surface area (Å²) in [4.78, 5) is 14.0. The molecule has 2 N–H and O–H groups in total. The summed E-state index contributed by atoms with van der Waals surface area (Å²) in [5, 5.41) is 0. The van der Waals surface area contributed by atoms with Gasteiger partial charge in [0.25, 0.3) is 5.91 Å². The second-order valence-corrected chi connectivity index (χ2v) is 5.75. The van der Waals surface area contributed by atoms with Crippen LogP contribution in [0.2, 0.25) is 0 Å². The minimum Gasteiger partial charge on any atom is -0.490 e. The number of rotatable bonds is 6. The Morgan fingerprint density at radius 2 is 2.00 bits per heavy atom. The molecule has 1 unspecified atom stereocenters. The summed E-state index contributed by atoms with van der Waals surface area (Å²) in [5.41, 5.74) is 5.80. The van der Waals surface area contributed by atoms with Gasteiger partial charge in [-0.3, -0.25) is 4.79 Å². The molecule has 0 aliphatic carbocycles. The number of nitrogens with two attached hydrogens (primary N) is 1. The molecule has 1 saturated heterocycles. The molecule has 5 nitrogen and oxygen atoms in total. The Hall–Kier alpha value is -1.75. The lowest BCUT2D eigenvalue weighted by Gasteiger charge is -2.22. The van der Waals surface area contributed by atoms with E-state index in [0.29, 0.717) is 31.2 Å². The van der Waals surface area contributed by atoms with Crippen molar-refractivity contribution in [3.8, 4) is 11.5 Å². The first kappa shape index (κ1) is 15.6. The molecule has 5 heteroatoms. The highest BCUT2D eigenvalue weighted by Crippen LogP contribution is 2.29. The highest BCUT2D eigenvalue weighted by Gasteiger charge is 2.34. The fourth-order valence-corrected chi connectivity index (χ4v) is 2.48. The molecule has 0 bridgehead atoms. The second-order valence-electron chi connectivity index (χ2n) is 5.75. The molecule has 1 aliphatic rings. The van der Waals surface area contributed by atoms with Gasteiger partial charge in [0.1, 0.15) is 0 Å². The summed E-state index contributed by atoms with van der Waals surface area (Å²) in [6.45, 7) is 6.69. The van der Waals surface area contributed by atoms with Crippen molar-refractivity contribution >= 4 is 5.91 Å². The number of hydrogen-bond acceptors (Lipinski definition) is 4. The van der Waals surface area contributed by atoms with Crippen molar-refractivity contribution < 1.29 is 14.3 Å². The lowest BCUT2D eigenvalue weighted by Crippen LogP contribution is -2.36. The molecule has 1 fully saturated rings. The van der Waals surface area contributed by atoms with Crippen molar-refractivity contribution in [2.45, 2.75) is 20.3 Å². The first-order valence-electron chi connectivity index (χ1n) is 7.40. The lowest BCUT2D eigenvalue weighted by atomic mass is 9.90. The number of benzene rings is 1. The SMILES string of the molecule is CCOc1ccccc1OCC(=O)N1CCC(C)(CN)C1. The second kappa shape index (κ2) is 6.80. The van der Waals surface area contributed by atoms with E-state index in [1.807, 2.05) is 36.1 Å². The molecule has 0 saturated carbocycles. The van der Waals surface area contributed by atoms with Gasteiger partial charge in [-0.15, -0.1) is 0 Å². The van der Waals surface area contributed by atoms with Gasteiger partial charge in [-0.2, -0.15) is 0 Å². The van der Waals surface area contributed by atoms with Crippen LogP contribution in [-0.2, 0) is 4.79 Å². The molecule has 0 radical (unpaired) electrons. The van der Waals surface area contributed by atoms with Crippen molar-refractivity contribution in [1.29, 1.82) is 0 Å². The van der Waals surface area contributed by atoms with Crippen LogP contribution < -0.4 is 15.2 Å². The number of ether oxygens (including phenoxy) is 2. The number of nitrogens with zero attached hydrogens (tertiary/aromatic N) is 1. The van der Waals surface area contributed by atoms with E-state index < -0.39 is 0 Å². The van der Waals surface area contributed by atoms with E-state index in [4.69, 9.17) is 15.2 Å². The van der Waals surface area contributed by atoms with Crippen LogP contribution in [-0.4, -0.2) is 43.7 Å². The van der Waals surface area contributed by atoms with Gasteiger partial charge in [0.2, 0.25) is 0 Å². The first-order valence-corrected chi connectivity index (χ1v) is 7.40. The van der Waals surface area contributed by atoms with Crippen LogP contribution in [0.3, 0.4) is 0 Å². The molecule has 1 amide bonds. The standard InChI is InChI=1S/C16H24N2O3/c1-3-20-13-6-4-5-7-14(13)21-10-15(19)18-9-8-16(2,11-17)12-18/h4-7H,3,8-12,17H2,1-2H3. The van der Waals surface area contributed by atoms with Gasteiger partial charge >= 0.3 is 0 Å². The monoisotopic (exact) mass is 292 g/mol. The molecule has 116 valence electrons. The number of likely N-dealkylation sites (tertiary alicyclic amines) is 1. The van der Waals surface area contributed by atoms with Gasteiger partial charge < -0.3 is 20.1 Å². The maximum atomic E-state index is 12.2. The van der Waals surface area contributed by atoms with E-state index in [0.717, 1.165) is 13.0 Å². The van der Waals surface area contributed by atoms with Crippen LogP contribution >= 0.6 is 0 Å². The minimum absolute atomic E-state index is 0.00141. The summed E-state index contributed by atoms with van der Waals surface area (Å²) in [5.74, 6) is 1.27. The predicted octanol–water partition coefficient (Wildman–Crippen LogP) is 1.66. The van der Waals surface area contributed by atoms with Crippen LogP contribution in [0.5, 0.6) is 11.5 Å². The Balaban J connectivity index is 1.90. The van der Waals surface area contributed by atoms with Gasteiger partial charge in [-0.1, -0.05) is 19.1 Å². The van der Waals surface area contributed by atoms with Crippen molar-refractivity contribution in [1.82, 2.24) is 4.90 Å². The highest BCUT2D eigenvalue weighted by molar-refractivity contribution is 5.78. The number of hydrogen-bond donors (Lipinski definition) is 1.